The zero-order valence-electron chi connectivity index (χ0n) is 16.0. The van der Waals surface area contributed by atoms with E-state index in [1.807, 2.05) is 30.9 Å². The maximum absolute atomic E-state index is 5.90. The summed E-state index contributed by atoms with van der Waals surface area (Å²) < 4.78 is 7.94. The molecule has 1 fully saturated rings. The van der Waals surface area contributed by atoms with Gasteiger partial charge in [0.1, 0.15) is 0 Å². The largest absolute Gasteiger partial charge is 0.356 e. The van der Waals surface area contributed by atoms with Crippen molar-refractivity contribution in [3.8, 4) is 0 Å². The summed E-state index contributed by atoms with van der Waals surface area (Å²) in [7, 11) is 0. The molecule has 4 nitrogen and oxygen atoms in total. The van der Waals surface area contributed by atoms with Crippen molar-refractivity contribution in [3.05, 3.63) is 35.8 Å². The highest BCUT2D eigenvalue weighted by atomic mass is 16.5. The number of hydrogen-bond acceptors (Lipinski definition) is 3. The Morgan fingerprint density at radius 2 is 1.92 bits per heavy atom. The van der Waals surface area contributed by atoms with Gasteiger partial charge >= 0.3 is 0 Å². The Balaban J connectivity index is 0.000000880. The van der Waals surface area contributed by atoms with Gasteiger partial charge in [-0.05, 0) is 55.2 Å². The second kappa shape index (κ2) is 7.52. The van der Waals surface area contributed by atoms with E-state index in [-0.39, 0.29) is 6.23 Å². The fourth-order valence-corrected chi connectivity index (χ4v) is 3.64. The Morgan fingerprint density at radius 1 is 1.12 bits per heavy atom. The molecule has 3 aromatic rings. The van der Waals surface area contributed by atoms with Gasteiger partial charge in [0, 0.05) is 29.3 Å². The predicted octanol–water partition coefficient (Wildman–Crippen LogP) is 5.74. The number of aryl methyl sites for hydroxylation is 1. The molecule has 1 aromatic carbocycles. The Morgan fingerprint density at radius 3 is 2.60 bits per heavy atom. The Bertz CT molecular complexity index is 860. The molecule has 0 N–H and O–H groups in total. The van der Waals surface area contributed by atoms with Crippen molar-refractivity contribution in [1.82, 2.24) is 14.8 Å². The molecule has 3 heterocycles. The Kier molecular flexibility index (Phi) is 5.38. The van der Waals surface area contributed by atoms with E-state index >= 15 is 0 Å². The molecule has 1 saturated heterocycles. The van der Waals surface area contributed by atoms with Gasteiger partial charge in [-0.2, -0.15) is 5.10 Å². The molecule has 0 radical (unpaired) electrons. The number of nitrogens with zero attached hydrogens (tertiary/aromatic N) is 3. The van der Waals surface area contributed by atoms with Gasteiger partial charge in [0.25, 0.3) is 0 Å². The van der Waals surface area contributed by atoms with E-state index in [1.165, 1.54) is 33.8 Å². The summed E-state index contributed by atoms with van der Waals surface area (Å²) in [5, 5.41) is 8.23. The second-order valence-electron chi connectivity index (χ2n) is 6.83. The maximum Gasteiger partial charge on any atom is 0.150 e. The van der Waals surface area contributed by atoms with Gasteiger partial charge < -0.3 is 4.74 Å². The van der Waals surface area contributed by atoms with Crippen LogP contribution in [0.1, 0.15) is 70.4 Å². The number of fused-ring (bicyclic) bond motifs is 2. The minimum atomic E-state index is 0.0719. The van der Waals surface area contributed by atoms with Gasteiger partial charge in [0.15, 0.2) is 6.23 Å². The molecular weight excluding hydrogens is 310 g/mol. The van der Waals surface area contributed by atoms with Gasteiger partial charge in [0.05, 0.1) is 11.7 Å². The van der Waals surface area contributed by atoms with Crippen LogP contribution in [0.5, 0.6) is 0 Å². The summed E-state index contributed by atoms with van der Waals surface area (Å²) in [5.41, 5.74) is 3.60. The lowest BCUT2D eigenvalue weighted by Gasteiger charge is -2.23. The summed E-state index contributed by atoms with van der Waals surface area (Å²) in [5.74, 6) is 0.438. The monoisotopic (exact) mass is 339 g/mol. The minimum Gasteiger partial charge on any atom is -0.356 e. The van der Waals surface area contributed by atoms with Crippen LogP contribution in [0.2, 0.25) is 0 Å². The van der Waals surface area contributed by atoms with E-state index in [1.54, 1.807) is 0 Å². The van der Waals surface area contributed by atoms with E-state index in [0.29, 0.717) is 5.92 Å². The van der Waals surface area contributed by atoms with Crippen molar-refractivity contribution in [3.63, 3.8) is 0 Å². The van der Waals surface area contributed by atoms with Crippen LogP contribution in [0.25, 0.3) is 21.7 Å². The molecule has 1 aliphatic heterocycles. The smallest absolute Gasteiger partial charge is 0.150 e. The molecule has 1 atom stereocenters. The van der Waals surface area contributed by atoms with Crippen molar-refractivity contribution >= 4 is 21.7 Å². The van der Waals surface area contributed by atoms with Crippen LogP contribution >= 0.6 is 0 Å². The molecule has 0 amide bonds. The van der Waals surface area contributed by atoms with Crippen LogP contribution < -0.4 is 0 Å². The summed E-state index contributed by atoms with van der Waals surface area (Å²) in [6.07, 6.45) is 7.43. The number of aromatic nitrogens is 3. The van der Waals surface area contributed by atoms with Gasteiger partial charge in [-0.3, -0.25) is 4.98 Å². The fraction of sp³-hybridized carbons (Fsp3) is 0.524. The lowest BCUT2D eigenvalue weighted by molar-refractivity contribution is -0.0366. The number of pyridine rings is 1. The van der Waals surface area contributed by atoms with E-state index in [2.05, 4.69) is 43.0 Å². The molecular formula is C21H29N3O. The third-order valence-corrected chi connectivity index (χ3v) is 4.87. The third-order valence-electron chi connectivity index (χ3n) is 4.87. The highest BCUT2D eigenvalue weighted by Gasteiger charge is 2.19. The van der Waals surface area contributed by atoms with E-state index in [9.17, 15) is 0 Å². The predicted molar refractivity (Wildman–Crippen MR) is 104 cm³/mol. The number of rotatable bonds is 2. The first-order chi connectivity index (χ1) is 12.1. The molecule has 0 aliphatic carbocycles. The highest BCUT2D eigenvalue weighted by molar-refractivity contribution is 5.98. The first-order valence-corrected chi connectivity index (χ1v) is 9.53. The standard InChI is InChI=1S/C19H23N3O.C2H6/c1-12(2)19-13(3)16-8-15-11-21-22(18-6-4-5-7-23-18)17(15)9-14(16)10-20-19;1-2/h8-12,18H,4-7H2,1-3H3;1-2H3. The topological polar surface area (TPSA) is 39.9 Å². The van der Waals surface area contributed by atoms with E-state index < -0.39 is 0 Å². The molecule has 0 spiro atoms. The highest BCUT2D eigenvalue weighted by Crippen LogP contribution is 2.31. The molecule has 2 aromatic heterocycles. The number of hydrogen-bond donors (Lipinski definition) is 0. The Labute approximate surface area is 150 Å². The lowest BCUT2D eigenvalue weighted by atomic mass is 9.98. The maximum atomic E-state index is 5.90. The quantitative estimate of drug-likeness (QED) is 0.597. The van der Waals surface area contributed by atoms with Crippen molar-refractivity contribution < 1.29 is 4.74 Å². The molecule has 25 heavy (non-hydrogen) atoms. The first-order valence-electron chi connectivity index (χ1n) is 9.53. The van der Waals surface area contributed by atoms with Gasteiger partial charge in [-0.15, -0.1) is 0 Å². The average Bonchev–Trinajstić information content (AvgIpc) is 3.06. The average molecular weight is 339 g/mol. The van der Waals surface area contributed by atoms with Crippen molar-refractivity contribution in [2.45, 2.75) is 66.0 Å². The van der Waals surface area contributed by atoms with Gasteiger partial charge in [-0.1, -0.05) is 27.7 Å². The molecule has 0 bridgehead atoms. The zero-order chi connectivity index (χ0) is 18.0. The van der Waals surface area contributed by atoms with Gasteiger partial charge in [0.2, 0.25) is 0 Å². The van der Waals surface area contributed by atoms with E-state index in [4.69, 9.17) is 4.74 Å². The molecule has 134 valence electrons. The van der Waals surface area contributed by atoms with Gasteiger partial charge in [-0.25, -0.2) is 4.68 Å². The first kappa shape index (κ1) is 17.9. The molecule has 1 aliphatic rings. The summed E-state index contributed by atoms with van der Waals surface area (Å²) >= 11 is 0. The normalized spacial score (nSPS) is 17.8. The number of benzene rings is 1. The summed E-state index contributed by atoms with van der Waals surface area (Å²) in [6.45, 7) is 11.4. The van der Waals surface area contributed by atoms with Crippen LogP contribution in [-0.4, -0.2) is 21.4 Å². The van der Waals surface area contributed by atoms with Crippen LogP contribution in [0.3, 0.4) is 0 Å². The molecule has 0 saturated carbocycles. The lowest BCUT2D eigenvalue weighted by Crippen LogP contribution is -2.18. The SMILES string of the molecule is CC.Cc1c(C(C)C)ncc2cc3c(cnn3C3CCCCO3)cc12. The van der Waals surface area contributed by atoms with Crippen LogP contribution in [-0.2, 0) is 4.74 Å². The number of ether oxygens (including phenoxy) is 1. The van der Waals surface area contributed by atoms with Crippen LogP contribution in [0.15, 0.2) is 24.5 Å². The van der Waals surface area contributed by atoms with Crippen molar-refractivity contribution in [1.29, 1.82) is 0 Å². The Hall–Kier alpha value is -1.94. The molecule has 4 rings (SSSR count). The minimum absolute atomic E-state index is 0.0719. The second-order valence-corrected chi connectivity index (χ2v) is 6.83. The van der Waals surface area contributed by atoms with Crippen LogP contribution in [0, 0.1) is 6.92 Å². The molecule has 4 heteroatoms. The van der Waals surface area contributed by atoms with Crippen LogP contribution in [0.4, 0.5) is 0 Å². The summed E-state index contributed by atoms with van der Waals surface area (Å²) in [6, 6.07) is 4.46. The fourth-order valence-electron chi connectivity index (χ4n) is 3.64. The van der Waals surface area contributed by atoms with E-state index in [0.717, 1.165) is 25.0 Å². The summed E-state index contributed by atoms with van der Waals surface area (Å²) in [4.78, 5) is 4.68. The van der Waals surface area contributed by atoms with Crippen molar-refractivity contribution in [2.75, 3.05) is 6.61 Å². The zero-order valence-corrected chi connectivity index (χ0v) is 16.0. The van der Waals surface area contributed by atoms with Crippen molar-refractivity contribution in [2.24, 2.45) is 0 Å². The molecule has 1 unspecified atom stereocenters. The third kappa shape index (κ3) is 3.28.